The van der Waals surface area contributed by atoms with Crippen molar-refractivity contribution in [3.05, 3.63) is 163 Å². The molecule has 1 radical (unpaired) electrons. The summed E-state index contributed by atoms with van der Waals surface area (Å²) in [6.45, 7) is 14.0. The molecule has 6 aromatic carbocycles. The number of imidazole rings is 1. The van der Waals surface area contributed by atoms with Crippen molar-refractivity contribution in [3.63, 3.8) is 0 Å². The third-order valence-electron chi connectivity index (χ3n) is 13.0. The molecule has 65 heavy (non-hydrogen) atoms. The molecule has 0 unspecified atom stereocenters. The summed E-state index contributed by atoms with van der Waals surface area (Å²) in [4.78, 5) is 9.97. The fourth-order valence-electron chi connectivity index (χ4n) is 9.48. The molecule has 4 nitrogen and oxygen atoms in total. The van der Waals surface area contributed by atoms with Crippen molar-refractivity contribution in [1.82, 2.24) is 14.5 Å². The molecule has 0 N–H and O–H groups in total. The Morgan fingerprint density at radius 3 is 2.17 bits per heavy atom. The number of hydrogen-bond acceptors (Lipinski definition) is 3. The van der Waals surface area contributed by atoms with Gasteiger partial charge >= 0.3 is 137 Å². The average Bonchev–Trinajstić information content (AvgIpc) is 4.03. The molecule has 0 spiro atoms. The Hall–Kier alpha value is -4.85. The fraction of sp³-hybridized carbons (Fsp3) is 0.276. The Morgan fingerprint density at radius 1 is 0.738 bits per heavy atom. The summed E-state index contributed by atoms with van der Waals surface area (Å²) >= 11 is -1.87. The molecule has 10 rings (SSSR count). The van der Waals surface area contributed by atoms with Crippen LogP contribution in [0, 0.1) is 18.1 Å². The van der Waals surface area contributed by atoms with Gasteiger partial charge in [-0.05, 0) is 52.4 Å². The summed E-state index contributed by atoms with van der Waals surface area (Å²) in [6, 6.07) is 54.1. The van der Waals surface area contributed by atoms with Crippen LogP contribution in [-0.4, -0.2) is 35.9 Å². The molecule has 0 saturated heterocycles. The maximum atomic E-state index is 6.26. The standard InChI is InChI=1S/C38H35N2OSi.C20H26GeN.Ir/c1-38(2,3)31-23-26(25-12-8-7-9-13-25)16-19-33(31)40-34-15-11-10-14-32(34)39-37(40)27-17-20-35-29(22-27)30-24-28(42(4,5)6)18-21-36(30)41-35;1-21(2,3)19-15-22-20(17-11-5-4-6-12-17)14-18(19)13-16-9-7-8-10-16;/h7-16,18-24H,1-6H3;4-6,11,14-16H,7-10,13H2,1-3H3;/q2*-1;. The molecule has 1 aliphatic carbocycles. The van der Waals surface area contributed by atoms with Crippen LogP contribution < -0.4 is 9.58 Å². The molecule has 7 heteroatoms. The summed E-state index contributed by atoms with van der Waals surface area (Å²) in [5, 5.41) is 3.69. The van der Waals surface area contributed by atoms with Crippen molar-refractivity contribution in [2.45, 2.75) is 95.2 Å². The molecule has 333 valence electrons. The van der Waals surface area contributed by atoms with E-state index in [1.165, 1.54) is 54.0 Å². The zero-order valence-corrected chi connectivity index (χ0v) is 45.0. The van der Waals surface area contributed by atoms with Crippen LogP contribution in [0.2, 0.25) is 36.9 Å². The third-order valence-corrected chi connectivity index (χ3v) is 19.4. The molecule has 0 bridgehead atoms. The molecule has 0 aliphatic heterocycles. The third kappa shape index (κ3) is 9.98. The van der Waals surface area contributed by atoms with Gasteiger partial charge in [0.1, 0.15) is 5.58 Å². The van der Waals surface area contributed by atoms with Gasteiger partial charge in [0.15, 0.2) is 0 Å². The van der Waals surface area contributed by atoms with E-state index in [4.69, 9.17) is 14.4 Å². The van der Waals surface area contributed by atoms with E-state index in [2.05, 4.69) is 196 Å². The minimum Gasteiger partial charge on any atom is 0 e. The van der Waals surface area contributed by atoms with Gasteiger partial charge in [-0.2, -0.15) is 0 Å². The molecule has 3 aromatic heterocycles. The van der Waals surface area contributed by atoms with Crippen molar-refractivity contribution in [1.29, 1.82) is 0 Å². The molecule has 1 fully saturated rings. The van der Waals surface area contributed by atoms with Gasteiger partial charge in [-0.1, -0.05) is 112 Å². The van der Waals surface area contributed by atoms with E-state index < -0.39 is 21.3 Å². The molecule has 3 heterocycles. The van der Waals surface area contributed by atoms with Crippen LogP contribution in [0.25, 0.3) is 72.4 Å². The van der Waals surface area contributed by atoms with Crippen molar-refractivity contribution in [3.8, 4) is 39.5 Å². The number of para-hydroxylation sites is 2. The summed E-state index contributed by atoms with van der Waals surface area (Å²) in [5.41, 5.74) is 13.3. The Morgan fingerprint density at radius 2 is 1.46 bits per heavy atom. The second-order valence-electron chi connectivity index (χ2n) is 20.9. The van der Waals surface area contributed by atoms with Gasteiger partial charge in [0.05, 0.1) is 30.5 Å². The first-order valence-corrected chi connectivity index (χ1v) is 34.0. The average molecular weight is 1110 g/mol. The maximum Gasteiger partial charge on any atom is 0 e. The molecular formula is C58H61GeIrN3OSi-2. The molecule has 9 aromatic rings. The van der Waals surface area contributed by atoms with E-state index in [1.54, 1.807) is 9.96 Å². The monoisotopic (exact) mass is 1110 g/mol. The van der Waals surface area contributed by atoms with E-state index in [9.17, 15) is 0 Å². The van der Waals surface area contributed by atoms with Crippen molar-refractivity contribution in [2.75, 3.05) is 0 Å². The first kappa shape index (κ1) is 46.7. The van der Waals surface area contributed by atoms with Crippen molar-refractivity contribution in [2.24, 2.45) is 5.92 Å². The van der Waals surface area contributed by atoms with Crippen LogP contribution in [0.1, 0.15) is 57.6 Å². The van der Waals surface area contributed by atoms with E-state index >= 15 is 0 Å². The topological polar surface area (TPSA) is 43.9 Å². The van der Waals surface area contributed by atoms with Gasteiger partial charge in [-0.25, -0.2) is 0 Å². The van der Waals surface area contributed by atoms with Gasteiger partial charge < -0.3 is 8.98 Å². The van der Waals surface area contributed by atoms with E-state index in [1.807, 2.05) is 18.2 Å². The van der Waals surface area contributed by atoms with Crippen LogP contribution in [0.15, 0.2) is 144 Å². The van der Waals surface area contributed by atoms with Gasteiger partial charge in [0.2, 0.25) is 0 Å². The summed E-state index contributed by atoms with van der Waals surface area (Å²) in [7, 11) is -1.48. The van der Waals surface area contributed by atoms with Crippen LogP contribution in [-0.2, 0) is 31.9 Å². The molecular weight excluding hydrogens is 1050 g/mol. The Bertz CT molecular complexity index is 3090. The SMILES string of the molecule is CC(C)(C)c1cc(-c2ccccc2)ccc1-n1c(-c2[c-]cc3oc4ccc([Si](C)(C)C)cc4c3c2)nc2ccccc21.[CH3][Ge]([CH3])([CH3])[c]1cnc(-c2[c-]cccc2)cc1CC1CCCC1.[Ir]. The second-order valence-corrected chi connectivity index (χ2v) is 36.6. The molecule has 0 atom stereocenters. The summed E-state index contributed by atoms with van der Waals surface area (Å²) in [6.07, 6.45) is 9.08. The summed E-state index contributed by atoms with van der Waals surface area (Å²) in [5.74, 6) is 9.20. The van der Waals surface area contributed by atoms with E-state index in [0.29, 0.717) is 0 Å². The smallest absolute Gasteiger partial charge is 0 e. The number of nitrogens with zero attached hydrogens (tertiary/aromatic N) is 3. The first-order valence-electron chi connectivity index (χ1n) is 23.1. The second kappa shape index (κ2) is 18.8. The number of pyridine rings is 1. The molecule has 1 saturated carbocycles. The number of benzene rings is 6. The zero-order valence-electron chi connectivity index (χ0n) is 39.5. The van der Waals surface area contributed by atoms with E-state index in [-0.39, 0.29) is 25.5 Å². The molecule has 1 aliphatic rings. The normalized spacial score (nSPS) is 13.6. The van der Waals surface area contributed by atoms with Crippen LogP contribution in [0.5, 0.6) is 0 Å². The predicted molar refractivity (Wildman–Crippen MR) is 277 cm³/mol. The van der Waals surface area contributed by atoms with E-state index in [0.717, 1.165) is 67.2 Å². The molecule has 0 amide bonds. The summed E-state index contributed by atoms with van der Waals surface area (Å²) < 4.78 is 10.2. The quantitative estimate of drug-likeness (QED) is 0.112. The number of hydrogen-bond donors (Lipinski definition) is 0. The maximum absolute atomic E-state index is 6.26. The van der Waals surface area contributed by atoms with Crippen LogP contribution in [0.4, 0.5) is 0 Å². The number of aromatic nitrogens is 3. The minimum absolute atomic E-state index is 0. The Balaban J connectivity index is 0.000000212. The van der Waals surface area contributed by atoms with Crippen molar-refractivity contribution < 1.29 is 24.5 Å². The van der Waals surface area contributed by atoms with Gasteiger partial charge in [-0.15, -0.1) is 23.8 Å². The van der Waals surface area contributed by atoms with Crippen LogP contribution >= 0.6 is 0 Å². The van der Waals surface area contributed by atoms with Gasteiger partial charge in [0, 0.05) is 31.2 Å². The largest absolute Gasteiger partial charge is 0 e. The van der Waals surface area contributed by atoms with Crippen molar-refractivity contribution >= 4 is 63.9 Å². The Labute approximate surface area is 403 Å². The number of rotatable bonds is 8. The Kier molecular flexibility index (Phi) is 13.5. The number of furan rings is 1. The predicted octanol–water partition coefficient (Wildman–Crippen LogP) is 14.7. The zero-order chi connectivity index (χ0) is 44.8. The first-order chi connectivity index (χ1) is 30.6. The minimum atomic E-state index is -1.87. The van der Waals surface area contributed by atoms with Gasteiger partial charge in [-0.3, -0.25) is 4.98 Å². The number of fused-ring (bicyclic) bond motifs is 4. The fourth-order valence-corrected chi connectivity index (χ4v) is 14.0. The van der Waals surface area contributed by atoms with Gasteiger partial charge in [0.25, 0.3) is 0 Å². The van der Waals surface area contributed by atoms with Crippen LogP contribution in [0.3, 0.4) is 0 Å².